The van der Waals surface area contributed by atoms with E-state index in [1.54, 1.807) is 6.07 Å². The minimum absolute atomic E-state index is 0.0881. The molecule has 0 spiro atoms. The topological polar surface area (TPSA) is 41.1 Å². The van der Waals surface area contributed by atoms with Crippen LogP contribution in [0.2, 0.25) is 0 Å². The lowest BCUT2D eigenvalue weighted by Gasteiger charge is -2.27. The fraction of sp³-hybridized carbons (Fsp3) is 0.300. The molecule has 0 radical (unpaired) electrons. The number of hydrogen-bond donors (Lipinski definition) is 2. The number of nitrogens with one attached hydrogen (secondary N) is 2. The van der Waals surface area contributed by atoms with E-state index in [2.05, 4.69) is 26.6 Å². The third kappa shape index (κ3) is 2.35. The molecule has 80 valence electrons. The summed E-state index contributed by atoms with van der Waals surface area (Å²) < 4.78 is 14.0. The fourth-order valence-corrected chi connectivity index (χ4v) is 1.66. The highest BCUT2D eigenvalue weighted by molar-refractivity contribution is 9.10. The molecule has 0 unspecified atom stereocenters. The van der Waals surface area contributed by atoms with Gasteiger partial charge in [-0.1, -0.05) is 15.9 Å². The molecule has 0 aliphatic carbocycles. The van der Waals surface area contributed by atoms with Gasteiger partial charge in [0.25, 0.3) is 5.91 Å². The van der Waals surface area contributed by atoms with Gasteiger partial charge in [0.2, 0.25) is 0 Å². The van der Waals surface area contributed by atoms with Crippen molar-refractivity contribution in [1.82, 2.24) is 10.6 Å². The van der Waals surface area contributed by atoms with Gasteiger partial charge < -0.3 is 10.6 Å². The molecule has 15 heavy (non-hydrogen) atoms. The molecule has 1 aliphatic rings. The molecule has 0 saturated carbocycles. The molecule has 1 heterocycles. The Morgan fingerprint density at radius 1 is 1.53 bits per heavy atom. The van der Waals surface area contributed by atoms with Crippen molar-refractivity contribution in [2.24, 2.45) is 0 Å². The largest absolute Gasteiger partial charge is 0.347 e. The van der Waals surface area contributed by atoms with Crippen LogP contribution >= 0.6 is 15.9 Å². The Morgan fingerprint density at radius 2 is 2.27 bits per heavy atom. The van der Waals surface area contributed by atoms with Crippen molar-refractivity contribution in [3.63, 3.8) is 0 Å². The van der Waals surface area contributed by atoms with Crippen molar-refractivity contribution in [2.45, 2.75) is 6.04 Å². The van der Waals surface area contributed by atoms with E-state index in [-0.39, 0.29) is 17.5 Å². The molecule has 0 bridgehead atoms. The van der Waals surface area contributed by atoms with Gasteiger partial charge in [0.15, 0.2) is 0 Å². The molecule has 1 saturated heterocycles. The first-order valence-corrected chi connectivity index (χ1v) is 5.43. The Hall–Kier alpha value is -0.940. The predicted octanol–water partition coefficient (Wildman–Crippen LogP) is 1.29. The maximum atomic E-state index is 13.4. The van der Waals surface area contributed by atoms with Crippen molar-refractivity contribution >= 4 is 21.8 Å². The van der Waals surface area contributed by atoms with E-state index >= 15 is 0 Å². The summed E-state index contributed by atoms with van der Waals surface area (Å²) in [6, 6.07) is 4.53. The normalized spacial score (nSPS) is 15.9. The van der Waals surface area contributed by atoms with E-state index < -0.39 is 5.82 Å². The minimum Gasteiger partial charge on any atom is -0.347 e. The van der Waals surface area contributed by atoms with Gasteiger partial charge >= 0.3 is 0 Å². The first kappa shape index (κ1) is 10.6. The summed E-state index contributed by atoms with van der Waals surface area (Å²) >= 11 is 3.14. The molecular formula is C10H10BrFN2O. The second kappa shape index (κ2) is 4.28. The van der Waals surface area contributed by atoms with Crippen LogP contribution in [0, 0.1) is 5.82 Å². The van der Waals surface area contributed by atoms with E-state index in [0.29, 0.717) is 4.47 Å². The molecule has 3 nitrogen and oxygen atoms in total. The van der Waals surface area contributed by atoms with Crippen LogP contribution in [0.15, 0.2) is 22.7 Å². The first-order valence-electron chi connectivity index (χ1n) is 4.63. The minimum atomic E-state index is -0.505. The summed E-state index contributed by atoms with van der Waals surface area (Å²) in [7, 11) is 0. The number of carbonyl (C=O) groups excluding carboxylic acids is 1. The van der Waals surface area contributed by atoms with Crippen molar-refractivity contribution < 1.29 is 9.18 Å². The highest BCUT2D eigenvalue weighted by Gasteiger charge is 2.21. The standard InChI is InChI=1S/C10H10BrFN2O/c11-6-1-2-8(9(12)3-6)10(15)14-7-4-13-5-7/h1-3,7,13H,4-5H2,(H,14,15). The Bertz CT molecular complexity index is 393. The van der Waals surface area contributed by atoms with Gasteiger partial charge in [0, 0.05) is 17.6 Å². The summed E-state index contributed by atoms with van der Waals surface area (Å²) in [6.07, 6.45) is 0. The number of hydrogen-bond acceptors (Lipinski definition) is 2. The van der Waals surface area contributed by atoms with Gasteiger partial charge in [-0.15, -0.1) is 0 Å². The van der Waals surface area contributed by atoms with E-state index in [4.69, 9.17) is 0 Å². The Balaban J connectivity index is 2.10. The first-order chi connectivity index (χ1) is 7.16. The van der Waals surface area contributed by atoms with E-state index in [0.717, 1.165) is 13.1 Å². The molecule has 0 aromatic heterocycles. The molecule has 1 amide bonds. The number of amides is 1. The summed E-state index contributed by atoms with van der Waals surface area (Å²) in [6.45, 7) is 1.51. The summed E-state index contributed by atoms with van der Waals surface area (Å²) in [5.41, 5.74) is 0.0881. The monoisotopic (exact) mass is 272 g/mol. The Morgan fingerprint density at radius 3 is 2.80 bits per heavy atom. The molecule has 1 fully saturated rings. The number of halogens is 2. The van der Waals surface area contributed by atoms with Gasteiger partial charge in [-0.2, -0.15) is 0 Å². The van der Waals surface area contributed by atoms with Gasteiger partial charge in [0.1, 0.15) is 5.82 Å². The SMILES string of the molecule is O=C(NC1CNC1)c1ccc(Br)cc1F. The fourth-order valence-electron chi connectivity index (χ4n) is 1.33. The van der Waals surface area contributed by atoms with Crippen LogP contribution in [0.1, 0.15) is 10.4 Å². The average molecular weight is 273 g/mol. The molecule has 5 heteroatoms. The zero-order chi connectivity index (χ0) is 10.8. The molecule has 2 N–H and O–H groups in total. The third-order valence-corrected chi connectivity index (χ3v) is 2.79. The van der Waals surface area contributed by atoms with Crippen LogP contribution in [-0.2, 0) is 0 Å². The highest BCUT2D eigenvalue weighted by Crippen LogP contribution is 2.15. The average Bonchev–Trinajstić information content (AvgIpc) is 2.11. The zero-order valence-electron chi connectivity index (χ0n) is 7.89. The lowest BCUT2D eigenvalue weighted by Crippen LogP contribution is -2.57. The molecule has 1 aliphatic heterocycles. The van der Waals surface area contributed by atoms with Crippen molar-refractivity contribution in [3.05, 3.63) is 34.1 Å². The van der Waals surface area contributed by atoms with Crippen LogP contribution in [0.25, 0.3) is 0 Å². The van der Waals surface area contributed by atoms with Crippen LogP contribution in [0.3, 0.4) is 0 Å². The molecule has 1 aromatic rings. The zero-order valence-corrected chi connectivity index (χ0v) is 9.47. The Labute approximate surface area is 95.2 Å². The van der Waals surface area contributed by atoms with Crippen LogP contribution in [-0.4, -0.2) is 25.0 Å². The second-order valence-corrected chi connectivity index (χ2v) is 4.37. The molecule has 0 atom stereocenters. The van der Waals surface area contributed by atoms with E-state index in [1.165, 1.54) is 12.1 Å². The Kier molecular flexibility index (Phi) is 3.02. The maximum Gasteiger partial charge on any atom is 0.254 e. The lowest BCUT2D eigenvalue weighted by atomic mass is 10.1. The van der Waals surface area contributed by atoms with E-state index in [1.807, 2.05) is 0 Å². The smallest absolute Gasteiger partial charge is 0.254 e. The van der Waals surface area contributed by atoms with Gasteiger partial charge in [-0.25, -0.2) is 4.39 Å². The number of benzene rings is 1. The lowest BCUT2D eigenvalue weighted by molar-refractivity contribution is 0.0920. The van der Waals surface area contributed by atoms with E-state index in [9.17, 15) is 9.18 Å². The van der Waals surface area contributed by atoms with Gasteiger partial charge in [-0.3, -0.25) is 4.79 Å². The van der Waals surface area contributed by atoms with Crippen LogP contribution in [0.5, 0.6) is 0 Å². The molecular weight excluding hydrogens is 263 g/mol. The quantitative estimate of drug-likeness (QED) is 0.852. The van der Waals surface area contributed by atoms with Gasteiger partial charge in [-0.05, 0) is 18.2 Å². The maximum absolute atomic E-state index is 13.4. The highest BCUT2D eigenvalue weighted by atomic mass is 79.9. The molecule has 1 aromatic carbocycles. The summed E-state index contributed by atoms with van der Waals surface area (Å²) in [4.78, 5) is 11.6. The van der Waals surface area contributed by atoms with Crippen molar-refractivity contribution in [2.75, 3.05) is 13.1 Å². The van der Waals surface area contributed by atoms with Crippen molar-refractivity contribution in [3.8, 4) is 0 Å². The summed E-state index contributed by atoms with van der Waals surface area (Å²) in [5, 5.41) is 5.76. The predicted molar refractivity (Wildman–Crippen MR) is 58.2 cm³/mol. The second-order valence-electron chi connectivity index (χ2n) is 3.45. The van der Waals surface area contributed by atoms with Crippen LogP contribution < -0.4 is 10.6 Å². The number of rotatable bonds is 2. The van der Waals surface area contributed by atoms with Crippen LogP contribution in [0.4, 0.5) is 4.39 Å². The van der Waals surface area contributed by atoms with Gasteiger partial charge in [0.05, 0.1) is 11.6 Å². The van der Waals surface area contributed by atoms with Crippen molar-refractivity contribution in [1.29, 1.82) is 0 Å². The third-order valence-electron chi connectivity index (χ3n) is 2.29. The number of carbonyl (C=O) groups is 1. The molecule has 2 rings (SSSR count). The summed E-state index contributed by atoms with van der Waals surface area (Å²) in [5.74, 6) is -0.861.